The van der Waals surface area contributed by atoms with Crippen LogP contribution in [0.15, 0.2) is 41.4 Å². The average molecular weight is 404 g/mol. The normalized spacial score (nSPS) is 19.4. The van der Waals surface area contributed by atoms with Crippen LogP contribution in [0.1, 0.15) is 55.3 Å². The smallest absolute Gasteiger partial charge is 0.230 e. The van der Waals surface area contributed by atoms with Crippen LogP contribution in [-0.2, 0) is 0 Å². The SMILES string of the molecule is CSc1cccc(Oc2ncc(F)cc2C(=O)CCCC2CCC(O)CC2)c1. The number of carbonyl (C=O) groups is 1. The van der Waals surface area contributed by atoms with Crippen LogP contribution in [0.4, 0.5) is 4.39 Å². The Kier molecular flexibility index (Phi) is 7.45. The maximum absolute atomic E-state index is 13.7. The van der Waals surface area contributed by atoms with Gasteiger partial charge in [-0.2, -0.15) is 0 Å². The number of halogens is 1. The van der Waals surface area contributed by atoms with Gasteiger partial charge in [0.15, 0.2) is 5.78 Å². The molecule has 28 heavy (non-hydrogen) atoms. The highest BCUT2D eigenvalue weighted by atomic mass is 32.2. The van der Waals surface area contributed by atoms with Crippen molar-refractivity contribution in [2.24, 2.45) is 5.92 Å². The number of aliphatic hydroxyl groups is 1. The van der Waals surface area contributed by atoms with Gasteiger partial charge in [0.2, 0.25) is 5.88 Å². The van der Waals surface area contributed by atoms with Crippen LogP contribution in [0.3, 0.4) is 0 Å². The molecular weight excluding hydrogens is 377 g/mol. The molecule has 0 radical (unpaired) electrons. The minimum Gasteiger partial charge on any atom is -0.438 e. The Hall–Kier alpha value is -1.92. The van der Waals surface area contributed by atoms with Crippen LogP contribution in [0, 0.1) is 11.7 Å². The van der Waals surface area contributed by atoms with Crippen LogP contribution < -0.4 is 4.74 Å². The first-order valence-corrected chi connectivity index (χ1v) is 11.0. The summed E-state index contributed by atoms with van der Waals surface area (Å²) in [4.78, 5) is 17.7. The molecule has 1 aromatic carbocycles. The molecule has 1 N–H and O–H groups in total. The molecule has 1 aliphatic rings. The number of ketones is 1. The Morgan fingerprint density at radius 1 is 1.29 bits per heavy atom. The molecule has 1 saturated carbocycles. The molecule has 150 valence electrons. The van der Waals surface area contributed by atoms with Crippen molar-refractivity contribution in [3.8, 4) is 11.6 Å². The van der Waals surface area contributed by atoms with Crippen LogP contribution in [0.5, 0.6) is 11.6 Å². The van der Waals surface area contributed by atoms with Gasteiger partial charge in [0.05, 0.1) is 17.9 Å². The van der Waals surface area contributed by atoms with E-state index in [1.165, 1.54) is 6.07 Å². The van der Waals surface area contributed by atoms with Crippen molar-refractivity contribution in [1.29, 1.82) is 0 Å². The van der Waals surface area contributed by atoms with Gasteiger partial charge in [0.1, 0.15) is 11.6 Å². The number of hydrogen-bond acceptors (Lipinski definition) is 5. The zero-order valence-electron chi connectivity index (χ0n) is 16.1. The summed E-state index contributed by atoms with van der Waals surface area (Å²) >= 11 is 1.59. The summed E-state index contributed by atoms with van der Waals surface area (Å²) in [5.74, 6) is 0.576. The van der Waals surface area contributed by atoms with Gasteiger partial charge in [-0.25, -0.2) is 9.37 Å². The highest BCUT2D eigenvalue weighted by Gasteiger charge is 2.21. The van der Waals surface area contributed by atoms with Gasteiger partial charge in [-0.05, 0) is 68.5 Å². The van der Waals surface area contributed by atoms with E-state index in [9.17, 15) is 14.3 Å². The first-order valence-electron chi connectivity index (χ1n) is 9.74. The Balaban J connectivity index is 1.63. The van der Waals surface area contributed by atoms with Crippen molar-refractivity contribution in [3.63, 3.8) is 0 Å². The van der Waals surface area contributed by atoms with Gasteiger partial charge in [0, 0.05) is 11.3 Å². The summed E-state index contributed by atoms with van der Waals surface area (Å²) in [6.07, 6.45) is 8.62. The number of hydrogen-bond donors (Lipinski definition) is 1. The third-order valence-corrected chi connectivity index (χ3v) is 5.93. The van der Waals surface area contributed by atoms with Crippen molar-refractivity contribution in [2.45, 2.75) is 55.9 Å². The maximum Gasteiger partial charge on any atom is 0.230 e. The molecule has 1 aromatic heterocycles. The second-order valence-electron chi connectivity index (χ2n) is 7.28. The Morgan fingerprint density at radius 2 is 2.07 bits per heavy atom. The van der Waals surface area contributed by atoms with Gasteiger partial charge >= 0.3 is 0 Å². The summed E-state index contributed by atoms with van der Waals surface area (Å²) in [6, 6.07) is 8.69. The number of benzene rings is 1. The van der Waals surface area contributed by atoms with E-state index in [-0.39, 0.29) is 23.3 Å². The lowest BCUT2D eigenvalue weighted by Crippen LogP contribution is -2.18. The van der Waals surface area contributed by atoms with Crippen LogP contribution in [-0.4, -0.2) is 28.2 Å². The fourth-order valence-corrected chi connectivity index (χ4v) is 4.05. The summed E-state index contributed by atoms with van der Waals surface area (Å²) in [7, 11) is 0. The molecule has 2 aromatic rings. The molecule has 4 nitrogen and oxygen atoms in total. The van der Waals surface area contributed by atoms with Gasteiger partial charge in [0.25, 0.3) is 0 Å². The molecule has 0 aliphatic heterocycles. The summed E-state index contributed by atoms with van der Waals surface area (Å²) < 4.78 is 19.5. The van der Waals surface area contributed by atoms with E-state index >= 15 is 0 Å². The molecule has 6 heteroatoms. The molecule has 1 fully saturated rings. The Labute approximate surface area is 169 Å². The highest BCUT2D eigenvalue weighted by Crippen LogP contribution is 2.30. The minimum atomic E-state index is -0.546. The van der Waals surface area contributed by atoms with Gasteiger partial charge in [-0.15, -0.1) is 11.8 Å². The molecule has 1 aliphatic carbocycles. The van der Waals surface area contributed by atoms with E-state index in [4.69, 9.17) is 4.74 Å². The fourth-order valence-electron chi connectivity index (χ4n) is 3.60. The van der Waals surface area contributed by atoms with Gasteiger partial charge in [-0.1, -0.05) is 12.5 Å². The second-order valence-corrected chi connectivity index (χ2v) is 8.16. The molecule has 0 atom stereocenters. The number of aromatic nitrogens is 1. The summed E-state index contributed by atoms with van der Waals surface area (Å²) in [5, 5.41) is 9.59. The minimum absolute atomic E-state index is 0.144. The quantitative estimate of drug-likeness (QED) is 0.457. The number of nitrogens with zero attached hydrogens (tertiary/aromatic N) is 1. The van der Waals surface area contributed by atoms with E-state index < -0.39 is 5.82 Å². The predicted molar refractivity (Wildman–Crippen MR) is 109 cm³/mol. The maximum atomic E-state index is 13.7. The topological polar surface area (TPSA) is 59.4 Å². The van der Waals surface area contributed by atoms with E-state index in [0.717, 1.165) is 49.6 Å². The van der Waals surface area contributed by atoms with Crippen molar-refractivity contribution in [1.82, 2.24) is 4.98 Å². The summed E-state index contributed by atoms with van der Waals surface area (Å²) in [5.41, 5.74) is 0.189. The molecule has 3 rings (SSSR count). The third-order valence-electron chi connectivity index (χ3n) is 5.21. The number of thioether (sulfide) groups is 1. The van der Waals surface area contributed by atoms with Crippen LogP contribution in [0.25, 0.3) is 0 Å². The fraction of sp³-hybridized carbons (Fsp3) is 0.455. The Morgan fingerprint density at radius 3 is 2.82 bits per heavy atom. The molecular formula is C22H26FNO3S. The standard InChI is InChI=1S/C22H26FNO3S/c1-28-19-6-3-5-18(13-19)27-22-20(12-16(23)14-24-22)21(26)7-2-4-15-8-10-17(25)11-9-15/h3,5-6,12-15,17,25H,2,4,7-11H2,1H3. The third kappa shape index (κ3) is 5.79. The molecule has 0 saturated heterocycles. The number of aliphatic hydroxyl groups excluding tert-OH is 1. The zero-order chi connectivity index (χ0) is 19.9. The van der Waals surface area contributed by atoms with Crippen molar-refractivity contribution in [2.75, 3.05) is 6.26 Å². The number of rotatable bonds is 8. The van der Waals surface area contributed by atoms with Crippen molar-refractivity contribution in [3.05, 3.63) is 47.9 Å². The largest absolute Gasteiger partial charge is 0.438 e. The van der Waals surface area contributed by atoms with E-state index in [1.54, 1.807) is 17.8 Å². The number of ether oxygens (including phenoxy) is 1. The van der Waals surface area contributed by atoms with Crippen LogP contribution >= 0.6 is 11.8 Å². The van der Waals surface area contributed by atoms with Crippen LogP contribution in [0.2, 0.25) is 0 Å². The lowest BCUT2D eigenvalue weighted by molar-refractivity contribution is 0.0951. The Bertz CT molecular complexity index is 806. The van der Waals surface area contributed by atoms with Gasteiger partial charge < -0.3 is 9.84 Å². The number of pyridine rings is 1. The second kappa shape index (κ2) is 10.0. The van der Waals surface area contributed by atoms with Crippen molar-refractivity contribution < 1.29 is 19.0 Å². The number of carbonyl (C=O) groups excluding carboxylic acids is 1. The van der Waals surface area contributed by atoms with E-state index in [1.807, 2.05) is 24.5 Å². The van der Waals surface area contributed by atoms with E-state index in [2.05, 4.69) is 4.98 Å². The van der Waals surface area contributed by atoms with Gasteiger partial charge in [-0.3, -0.25) is 4.79 Å². The first-order chi connectivity index (χ1) is 13.5. The molecule has 0 bridgehead atoms. The number of Topliss-reactive ketones (excluding diaryl/α,β-unsaturated/α-hetero) is 1. The average Bonchev–Trinajstić information content (AvgIpc) is 2.71. The predicted octanol–water partition coefficient (Wildman–Crippen LogP) is 5.64. The molecule has 0 amide bonds. The highest BCUT2D eigenvalue weighted by molar-refractivity contribution is 7.98. The monoisotopic (exact) mass is 403 g/mol. The lowest BCUT2D eigenvalue weighted by atomic mass is 9.84. The first kappa shape index (κ1) is 20.8. The lowest BCUT2D eigenvalue weighted by Gasteiger charge is -2.25. The molecule has 0 spiro atoms. The van der Waals surface area contributed by atoms with Crippen molar-refractivity contribution >= 4 is 17.5 Å². The summed E-state index contributed by atoms with van der Waals surface area (Å²) in [6.45, 7) is 0. The molecule has 0 unspecified atom stereocenters. The van der Waals surface area contributed by atoms with E-state index in [0.29, 0.717) is 18.1 Å². The molecule has 1 heterocycles. The zero-order valence-corrected chi connectivity index (χ0v) is 16.9.